The molecule has 0 bridgehead atoms. The molecule has 0 aliphatic rings. The van der Waals surface area contributed by atoms with E-state index in [0.29, 0.717) is 6.54 Å². The summed E-state index contributed by atoms with van der Waals surface area (Å²) in [6.45, 7) is 5.39. The molecule has 4 heteroatoms. The molecule has 0 amide bonds. The van der Waals surface area contributed by atoms with Crippen LogP contribution in [0.3, 0.4) is 0 Å². The summed E-state index contributed by atoms with van der Waals surface area (Å²) in [4.78, 5) is 0. The fraction of sp³-hybridized carbons (Fsp3) is 0.400. The lowest BCUT2D eigenvalue weighted by atomic mass is 10.2. The highest BCUT2D eigenvalue weighted by Crippen LogP contribution is 2.30. The van der Waals surface area contributed by atoms with Gasteiger partial charge in [0.2, 0.25) is 0 Å². The molecular weight excluding hydrogens is 219 g/mol. The number of benzene rings is 1. The second-order valence-electron chi connectivity index (χ2n) is 2.76. The Hall–Kier alpha value is -0.600. The molecule has 77 valence electrons. The van der Waals surface area contributed by atoms with Crippen molar-refractivity contribution < 1.29 is 0 Å². The van der Waals surface area contributed by atoms with Gasteiger partial charge in [0, 0.05) is 42.7 Å². The zero-order valence-electron chi connectivity index (χ0n) is 8.30. The van der Waals surface area contributed by atoms with Crippen molar-refractivity contribution in [3.63, 3.8) is 0 Å². The van der Waals surface area contributed by atoms with Gasteiger partial charge in [0.05, 0.1) is 11.4 Å². The molecule has 0 fully saturated rings. The molecule has 0 N–H and O–H groups in total. The first-order chi connectivity index (χ1) is 6.70. The van der Waals surface area contributed by atoms with E-state index in [1.165, 1.54) is 0 Å². The monoisotopic (exact) mass is 231 g/mol. The third kappa shape index (κ3) is 2.46. The van der Waals surface area contributed by atoms with Crippen molar-refractivity contribution in [1.82, 2.24) is 0 Å². The number of halogens is 2. The van der Waals surface area contributed by atoms with E-state index in [0.717, 1.165) is 17.9 Å². The molecule has 0 saturated carbocycles. The first kappa shape index (κ1) is 11.5. The van der Waals surface area contributed by atoms with E-state index in [2.05, 4.69) is 6.07 Å². The van der Waals surface area contributed by atoms with Gasteiger partial charge in [0.1, 0.15) is 0 Å². The standard InChI is InChI=1S/C10H13Cl2N2/c1-3-13(11)9-7-5-6-8-10(9)14(12)4-2/h5-7H,3-4H2,1-2H3. The summed E-state index contributed by atoms with van der Waals surface area (Å²) in [5, 5.41) is 0. The minimum absolute atomic E-state index is 0.712. The van der Waals surface area contributed by atoms with E-state index < -0.39 is 0 Å². The van der Waals surface area contributed by atoms with Crippen LogP contribution in [0, 0.1) is 6.07 Å². The highest BCUT2D eigenvalue weighted by molar-refractivity contribution is 6.29. The summed E-state index contributed by atoms with van der Waals surface area (Å²) < 4.78 is 3.22. The summed E-state index contributed by atoms with van der Waals surface area (Å²) in [5.74, 6) is 0. The number of hydrogen-bond donors (Lipinski definition) is 0. The molecule has 0 aliphatic heterocycles. The molecular formula is C10H13Cl2N2. The summed E-state index contributed by atoms with van der Waals surface area (Å²) in [7, 11) is 0. The molecule has 1 rings (SSSR count). The number of hydrogen-bond acceptors (Lipinski definition) is 2. The van der Waals surface area contributed by atoms with Gasteiger partial charge in [-0.15, -0.1) is 0 Å². The quantitative estimate of drug-likeness (QED) is 0.733. The predicted octanol–water partition coefficient (Wildman–Crippen LogP) is 3.45. The fourth-order valence-corrected chi connectivity index (χ4v) is 1.41. The molecule has 0 heterocycles. The van der Waals surface area contributed by atoms with Crippen LogP contribution in [-0.2, 0) is 0 Å². The van der Waals surface area contributed by atoms with Crippen LogP contribution in [0.5, 0.6) is 0 Å². The third-order valence-corrected chi connectivity index (χ3v) is 2.70. The topological polar surface area (TPSA) is 6.48 Å². The van der Waals surface area contributed by atoms with E-state index in [1.54, 1.807) is 8.84 Å². The Bertz CT molecular complexity index is 262. The first-order valence-electron chi connectivity index (χ1n) is 4.58. The number of nitrogens with zero attached hydrogens (tertiary/aromatic N) is 2. The van der Waals surface area contributed by atoms with Crippen molar-refractivity contribution >= 4 is 34.9 Å². The van der Waals surface area contributed by atoms with Gasteiger partial charge < -0.3 is 0 Å². The van der Waals surface area contributed by atoms with Crippen LogP contribution >= 0.6 is 23.6 Å². The van der Waals surface area contributed by atoms with Gasteiger partial charge in [-0.2, -0.15) is 0 Å². The SMILES string of the molecule is CCN(Cl)c1[c]cccc1N(Cl)CC. The van der Waals surface area contributed by atoms with Gasteiger partial charge >= 0.3 is 0 Å². The molecule has 0 unspecified atom stereocenters. The summed E-state index contributed by atoms with van der Waals surface area (Å²) in [6.07, 6.45) is 0. The number of rotatable bonds is 4. The van der Waals surface area contributed by atoms with Crippen molar-refractivity contribution in [2.24, 2.45) is 0 Å². The molecule has 1 radical (unpaired) electrons. The second-order valence-corrected chi connectivity index (χ2v) is 3.58. The lowest BCUT2D eigenvalue weighted by molar-refractivity contribution is 1.06. The molecule has 0 aromatic heterocycles. The van der Waals surface area contributed by atoms with Crippen molar-refractivity contribution in [2.45, 2.75) is 13.8 Å². The van der Waals surface area contributed by atoms with Crippen LogP contribution in [0.4, 0.5) is 11.4 Å². The maximum Gasteiger partial charge on any atom is 0.0848 e. The van der Waals surface area contributed by atoms with Gasteiger partial charge in [-0.1, -0.05) is 12.1 Å². The Kier molecular flexibility index (Phi) is 4.36. The van der Waals surface area contributed by atoms with Crippen LogP contribution in [0.25, 0.3) is 0 Å². The Balaban J connectivity index is 3.02. The van der Waals surface area contributed by atoms with Gasteiger partial charge in [-0.05, 0) is 19.9 Å². The molecule has 0 saturated heterocycles. The molecule has 1 aromatic rings. The average Bonchev–Trinajstić information content (AvgIpc) is 2.27. The van der Waals surface area contributed by atoms with Crippen LogP contribution < -0.4 is 8.84 Å². The maximum atomic E-state index is 6.02. The van der Waals surface area contributed by atoms with Gasteiger partial charge in [0.15, 0.2) is 0 Å². The van der Waals surface area contributed by atoms with Gasteiger partial charge in [-0.3, -0.25) is 8.84 Å². The molecule has 0 atom stereocenters. The highest BCUT2D eigenvalue weighted by atomic mass is 35.5. The third-order valence-electron chi connectivity index (χ3n) is 1.87. The molecule has 2 nitrogen and oxygen atoms in total. The average molecular weight is 232 g/mol. The molecule has 1 aromatic carbocycles. The minimum Gasteiger partial charge on any atom is -0.283 e. The Morgan fingerprint density at radius 3 is 2.43 bits per heavy atom. The van der Waals surface area contributed by atoms with E-state index in [1.807, 2.05) is 32.0 Å². The predicted molar refractivity (Wildman–Crippen MR) is 63.0 cm³/mol. The van der Waals surface area contributed by atoms with Crippen LogP contribution in [0.15, 0.2) is 18.2 Å². The van der Waals surface area contributed by atoms with Crippen molar-refractivity contribution in [3.8, 4) is 0 Å². The van der Waals surface area contributed by atoms with Crippen LogP contribution in [-0.4, -0.2) is 13.1 Å². The Morgan fingerprint density at radius 2 is 1.86 bits per heavy atom. The summed E-state index contributed by atoms with van der Waals surface area (Å²) in [5.41, 5.74) is 1.70. The van der Waals surface area contributed by atoms with E-state index in [4.69, 9.17) is 23.6 Å². The van der Waals surface area contributed by atoms with E-state index in [9.17, 15) is 0 Å². The number of anilines is 2. The zero-order chi connectivity index (χ0) is 10.6. The van der Waals surface area contributed by atoms with Gasteiger partial charge in [0.25, 0.3) is 0 Å². The van der Waals surface area contributed by atoms with Crippen LogP contribution in [0.2, 0.25) is 0 Å². The van der Waals surface area contributed by atoms with Gasteiger partial charge in [-0.25, -0.2) is 0 Å². The van der Waals surface area contributed by atoms with Crippen molar-refractivity contribution in [1.29, 1.82) is 0 Å². The first-order valence-corrected chi connectivity index (χ1v) is 5.25. The van der Waals surface area contributed by atoms with Crippen molar-refractivity contribution in [3.05, 3.63) is 24.3 Å². The summed E-state index contributed by atoms with van der Waals surface area (Å²) in [6, 6.07) is 8.71. The fourth-order valence-electron chi connectivity index (χ4n) is 1.14. The Morgan fingerprint density at radius 1 is 1.21 bits per heavy atom. The second kappa shape index (κ2) is 5.32. The molecule has 14 heavy (non-hydrogen) atoms. The normalized spacial score (nSPS) is 10.0. The van der Waals surface area contributed by atoms with E-state index >= 15 is 0 Å². The summed E-state index contributed by atoms with van der Waals surface area (Å²) >= 11 is 12.0. The highest BCUT2D eigenvalue weighted by Gasteiger charge is 2.10. The smallest absolute Gasteiger partial charge is 0.0848 e. The van der Waals surface area contributed by atoms with Crippen LogP contribution in [0.1, 0.15) is 13.8 Å². The lowest BCUT2D eigenvalue weighted by Crippen LogP contribution is -2.15. The minimum atomic E-state index is 0.712. The van der Waals surface area contributed by atoms with Crippen molar-refractivity contribution in [2.75, 3.05) is 21.9 Å². The largest absolute Gasteiger partial charge is 0.283 e. The molecule has 0 spiro atoms. The zero-order valence-corrected chi connectivity index (χ0v) is 9.81. The van der Waals surface area contributed by atoms with E-state index in [-0.39, 0.29) is 0 Å². The maximum absolute atomic E-state index is 6.02. The number of para-hydroxylation sites is 1. The lowest BCUT2D eigenvalue weighted by Gasteiger charge is -2.21. The Labute approximate surface area is 95.2 Å². The molecule has 0 aliphatic carbocycles.